The van der Waals surface area contributed by atoms with Gasteiger partial charge in [0.25, 0.3) is 0 Å². The van der Waals surface area contributed by atoms with E-state index in [4.69, 9.17) is 14.6 Å². The van der Waals surface area contributed by atoms with Crippen LogP contribution in [0.3, 0.4) is 0 Å². The Kier molecular flexibility index (Phi) is 9.47. The SMILES string of the molecule is CC(C)(C)OC(=O)CCS[C@@H](NC(=O)OCc1ccccc1)[C@H](O)CO. The summed E-state index contributed by atoms with van der Waals surface area (Å²) >= 11 is 1.14. The van der Waals surface area contributed by atoms with E-state index in [1.54, 1.807) is 20.8 Å². The first kappa shape index (κ1) is 22.3. The maximum atomic E-state index is 11.9. The second-order valence-electron chi connectivity index (χ2n) is 6.58. The van der Waals surface area contributed by atoms with Gasteiger partial charge in [0, 0.05) is 5.75 Å². The normalized spacial score (nSPS) is 13.6. The lowest BCUT2D eigenvalue weighted by Gasteiger charge is -2.23. The summed E-state index contributed by atoms with van der Waals surface area (Å²) in [6.07, 6.45) is -1.77. The summed E-state index contributed by atoms with van der Waals surface area (Å²) in [5, 5.41) is 20.7. The lowest BCUT2D eigenvalue weighted by atomic mass is 10.2. The first-order valence-corrected chi connectivity index (χ1v) is 9.35. The number of benzene rings is 1. The Balaban J connectivity index is 2.43. The largest absolute Gasteiger partial charge is 0.460 e. The summed E-state index contributed by atoms with van der Waals surface area (Å²) in [4.78, 5) is 23.6. The number of aliphatic hydroxyl groups excluding tert-OH is 2. The number of carbonyl (C=O) groups excluding carboxylic acids is 2. The van der Waals surface area contributed by atoms with Crippen molar-refractivity contribution in [3.8, 4) is 0 Å². The number of aliphatic hydroxyl groups is 2. The molecule has 0 bridgehead atoms. The van der Waals surface area contributed by atoms with Crippen molar-refractivity contribution in [3.05, 3.63) is 35.9 Å². The summed E-state index contributed by atoms with van der Waals surface area (Å²) in [7, 11) is 0. The van der Waals surface area contributed by atoms with Gasteiger partial charge in [-0.15, -0.1) is 11.8 Å². The van der Waals surface area contributed by atoms with E-state index in [0.717, 1.165) is 17.3 Å². The monoisotopic (exact) mass is 385 g/mol. The molecular weight excluding hydrogens is 358 g/mol. The van der Waals surface area contributed by atoms with Crippen LogP contribution >= 0.6 is 11.8 Å². The Hall–Kier alpha value is -1.77. The van der Waals surface area contributed by atoms with Crippen molar-refractivity contribution in [2.45, 2.75) is 50.9 Å². The molecule has 0 aliphatic heterocycles. The fourth-order valence-corrected chi connectivity index (χ4v) is 2.91. The highest BCUT2D eigenvalue weighted by Gasteiger charge is 2.23. The molecule has 0 aromatic heterocycles. The van der Waals surface area contributed by atoms with Crippen LogP contribution < -0.4 is 5.32 Å². The molecule has 0 aliphatic carbocycles. The number of hydrogen-bond donors (Lipinski definition) is 3. The molecule has 0 unspecified atom stereocenters. The van der Waals surface area contributed by atoms with E-state index in [1.807, 2.05) is 30.3 Å². The Bertz CT molecular complexity index is 561. The standard InChI is InChI=1S/C18H27NO6S/c1-18(2,3)25-15(22)9-10-26-16(14(21)11-20)19-17(23)24-12-13-7-5-4-6-8-13/h4-8,14,16,20-21H,9-12H2,1-3H3,(H,19,23)/t14-,16-/m1/s1. The van der Waals surface area contributed by atoms with Crippen LogP contribution in [-0.4, -0.2) is 51.7 Å². The molecule has 7 nitrogen and oxygen atoms in total. The summed E-state index contributed by atoms with van der Waals surface area (Å²) < 4.78 is 10.3. The summed E-state index contributed by atoms with van der Waals surface area (Å²) in [6, 6.07) is 9.17. The molecular formula is C18H27NO6S. The summed E-state index contributed by atoms with van der Waals surface area (Å²) in [5.74, 6) is -0.0517. The van der Waals surface area contributed by atoms with Crippen molar-refractivity contribution < 1.29 is 29.3 Å². The van der Waals surface area contributed by atoms with Crippen LogP contribution in [0.2, 0.25) is 0 Å². The number of alkyl carbamates (subject to hydrolysis) is 1. The fraction of sp³-hybridized carbons (Fsp3) is 0.556. The fourth-order valence-electron chi connectivity index (χ4n) is 1.89. The molecule has 0 saturated heterocycles. The van der Waals surface area contributed by atoms with Gasteiger partial charge < -0.3 is 25.0 Å². The Morgan fingerprint density at radius 1 is 1.23 bits per heavy atom. The van der Waals surface area contributed by atoms with Crippen molar-refractivity contribution in [3.63, 3.8) is 0 Å². The van der Waals surface area contributed by atoms with Gasteiger partial charge in [-0.05, 0) is 26.3 Å². The Morgan fingerprint density at radius 3 is 2.46 bits per heavy atom. The third kappa shape index (κ3) is 9.65. The van der Waals surface area contributed by atoms with Crippen LogP contribution in [0.1, 0.15) is 32.8 Å². The van der Waals surface area contributed by atoms with Gasteiger partial charge in [-0.1, -0.05) is 30.3 Å². The molecule has 8 heteroatoms. The third-order valence-corrected chi connectivity index (χ3v) is 4.26. The van der Waals surface area contributed by atoms with Crippen molar-refractivity contribution in [2.24, 2.45) is 0 Å². The number of amides is 1. The number of nitrogens with one attached hydrogen (secondary N) is 1. The number of ether oxygens (including phenoxy) is 2. The van der Waals surface area contributed by atoms with Crippen molar-refractivity contribution in [1.82, 2.24) is 5.32 Å². The number of hydrogen-bond acceptors (Lipinski definition) is 7. The molecule has 0 spiro atoms. The molecule has 0 aliphatic rings. The first-order valence-electron chi connectivity index (χ1n) is 8.31. The maximum absolute atomic E-state index is 11.9. The summed E-state index contributed by atoms with van der Waals surface area (Å²) in [6.45, 7) is 4.90. The number of rotatable bonds is 9. The van der Waals surface area contributed by atoms with E-state index in [0.29, 0.717) is 5.75 Å². The lowest BCUT2D eigenvalue weighted by Crippen LogP contribution is -2.43. The zero-order chi connectivity index (χ0) is 19.6. The van der Waals surface area contributed by atoms with Gasteiger partial charge in [0.15, 0.2) is 0 Å². The minimum atomic E-state index is -1.18. The molecule has 0 heterocycles. The van der Waals surface area contributed by atoms with Crippen molar-refractivity contribution in [2.75, 3.05) is 12.4 Å². The molecule has 1 amide bonds. The van der Waals surface area contributed by atoms with Gasteiger partial charge in [-0.3, -0.25) is 4.79 Å². The summed E-state index contributed by atoms with van der Waals surface area (Å²) in [5.41, 5.74) is 0.269. The molecule has 1 rings (SSSR count). The number of carbonyl (C=O) groups is 2. The van der Waals surface area contributed by atoms with Gasteiger partial charge >= 0.3 is 12.1 Å². The van der Waals surface area contributed by atoms with E-state index in [-0.39, 0.29) is 19.0 Å². The Labute approximate surface area is 158 Å². The predicted octanol–water partition coefficient (Wildman–Crippen LogP) is 2.06. The second kappa shape index (κ2) is 11.1. The number of esters is 1. The minimum Gasteiger partial charge on any atom is -0.460 e. The molecule has 0 saturated carbocycles. The molecule has 2 atom stereocenters. The van der Waals surface area contributed by atoms with Gasteiger partial charge in [0.2, 0.25) is 0 Å². The molecule has 0 radical (unpaired) electrons. The van der Waals surface area contributed by atoms with E-state index in [9.17, 15) is 14.7 Å². The van der Waals surface area contributed by atoms with Gasteiger partial charge in [-0.25, -0.2) is 4.79 Å². The highest BCUT2D eigenvalue weighted by atomic mass is 32.2. The predicted molar refractivity (Wildman–Crippen MR) is 99.6 cm³/mol. The number of thioether (sulfide) groups is 1. The van der Waals surface area contributed by atoms with Crippen LogP contribution in [0.15, 0.2) is 30.3 Å². The van der Waals surface area contributed by atoms with Crippen molar-refractivity contribution in [1.29, 1.82) is 0 Å². The third-order valence-electron chi connectivity index (χ3n) is 3.03. The second-order valence-corrected chi connectivity index (χ2v) is 7.83. The highest BCUT2D eigenvalue weighted by molar-refractivity contribution is 7.99. The van der Waals surface area contributed by atoms with Crippen LogP contribution in [0.4, 0.5) is 4.79 Å². The van der Waals surface area contributed by atoms with E-state index < -0.39 is 29.8 Å². The zero-order valence-electron chi connectivity index (χ0n) is 15.3. The zero-order valence-corrected chi connectivity index (χ0v) is 16.1. The van der Waals surface area contributed by atoms with Crippen LogP contribution in [0, 0.1) is 0 Å². The smallest absolute Gasteiger partial charge is 0.408 e. The van der Waals surface area contributed by atoms with Gasteiger partial charge in [-0.2, -0.15) is 0 Å². The molecule has 3 N–H and O–H groups in total. The lowest BCUT2D eigenvalue weighted by molar-refractivity contribution is -0.154. The molecule has 26 heavy (non-hydrogen) atoms. The first-order chi connectivity index (χ1) is 12.2. The maximum Gasteiger partial charge on any atom is 0.408 e. The van der Waals surface area contributed by atoms with Gasteiger partial charge in [0.1, 0.15) is 23.7 Å². The van der Waals surface area contributed by atoms with Gasteiger partial charge in [0.05, 0.1) is 13.0 Å². The average molecular weight is 385 g/mol. The molecule has 0 fully saturated rings. The van der Waals surface area contributed by atoms with Crippen LogP contribution in [0.5, 0.6) is 0 Å². The minimum absolute atomic E-state index is 0.0944. The van der Waals surface area contributed by atoms with Crippen LogP contribution in [0.25, 0.3) is 0 Å². The van der Waals surface area contributed by atoms with E-state index >= 15 is 0 Å². The molecule has 1 aromatic carbocycles. The Morgan fingerprint density at radius 2 is 1.88 bits per heavy atom. The van der Waals surface area contributed by atoms with E-state index in [1.165, 1.54) is 0 Å². The van der Waals surface area contributed by atoms with E-state index in [2.05, 4.69) is 5.32 Å². The van der Waals surface area contributed by atoms with Crippen molar-refractivity contribution >= 4 is 23.8 Å². The quantitative estimate of drug-likeness (QED) is 0.441. The molecule has 146 valence electrons. The highest BCUT2D eigenvalue weighted by Crippen LogP contribution is 2.16. The topological polar surface area (TPSA) is 105 Å². The average Bonchev–Trinajstić information content (AvgIpc) is 2.57. The molecule has 1 aromatic rings. The van der Waals surface area contributed by atoms with Crippen LogP contribution in [-0.2, 0) is 20.9 Å².